The van der Waals surface area contributed by atoms with Gasteiger partial charge in [0.05, 0.1) is 28.1 Å². The number of hydrogen-bond donors (Lipinski definition) is 1. The molecule has 0 fully saturated rings. The topological polar surface area (TPSA) is 81.0 Å². The van der Waals surface area contributed by atoms with Crippen LogP contribution in [0, 0.1) is 10.1 Å². The van der Waals surface area contributed by atoms with E-state index in [-0.39, 0.29) is 17.5 Å². The van der Waals surface area contributed by atoms with Gasteiger partial charge in [-0.15, -0.1) is 0 Å². The molecule has 1 heterocycles. The normalized spacial score (nSPS) is 10.9. The molecular formula is C10H11N3O3. The van der Waals surface area contributed by atoms with Gasteiger partial charge in [0.1, 0.15) is 0 Å². The van der Waals surface area contributed by atoms with Crippen LogP contribution in [-0.2, 0) is 0 Å². The molecular weight excluding hydrogens is 210 g/mol. The summed E-state index contributed by atoms with van der Waals surface area (Å²) in [5, 5.41) is 18.1. The summed E-state index contributed by atoms with van der Waals surface area (Å²) in [6.45, 7) is 3.64. The highest BCUT2D eigenvalue weighted by atomic mass is 16.6. The van der Waals surface area contributed by atoms with Crippen LogP contribution in [0.5, 0.6) is 5.75 Å². The summed E-state index contributed by atoms with van der Waals surface area (Å²) in [6.07, 6.45) is 1.40. The zero-order chi connectivity index (χ0) is 11.7. The van der Waals surface area contributed by atoms with Gasteiger partial charge >= 0.3 is 5.69 Å². The number of nitrogens with zero attached hydrogens (tertiary/aromatic N) is 2. The van der Waals surface area contributed by atoms with Gasteiger partial charge in [-0.3, -0.25) is 15.2 Å². The third-order valence-electron chi connectivity index (χ3n) is 2.10. The average molecular weight is 221 g/mol. The Balaban J connectivity index is 2.65. The number of nitrogens with one attached hydrogen (secondary N) is 1. The van der Waals surface area contributed by atoms with Crippen molar-refractivity contribution in [1.29, 1.82) is 0 Å². The Bertz CT molecular complexity index is 533. The Morgan fingerprint density at radius 1 is 1.50 bits per heavy atom. The van der Waals surface area contributed by atoms with Crippen molar-refractivity contribution in [2.45, 2.75) is 20.0 Å². The Morgan fingerprint density at radius 3 is 2.88 bits per heavy atom. The standard InChI is InChI=1S/C10H11N3O3/c1-6(2)16-10-7-5-11-12-8(7)3-4-9(10)13(14)15/h3-6H,1-2H3,(H,11,12). The van der Waals surface area contributed by atoms with Crippen molar-refractivity contribution in [2.24, 2.45) is 0 Å². The number of rotatable bonds is 3. The maximum absolute atomic E-state index is 10.9. The fourth-order valence-electron chi connectivity index (χ4n) is 1.48. The SMILES string of the molecule is CC(C)Oc1c([N+](=O)[O-])ccc2[nH]ncc12. The summed E-state index contributed by atoms with van der Waals surface area (Å²) >= 11 is 0. The van der Waals surface area contributed by atoms with Crippen LogP contribution in [0.15, 0.2) is 18.3 Å². The van der Waals surface area contributed by atoms with Crippen LogP contribution in [0.3, 0.4) is 0 Å². The van der Waals surface area contributed by atoms with Crippen LogP contribution in [0.2, 0.25) is 0 Å². The molecule has 16 heavy (non-hydrogen) atoms. The molecule has 84 valence electrons. The van der Waals surface area contributed by atoms with E-state index in [2.05, 4.69) is 10.2 Å². The fourth-order valence-corrected chi connectivity index (χ4v) is 1.48. The van der Waals surface area contributed by atoms with Crippen LogP contribution < -0.4 is 4.74 Å². The third-order valence-corrected chi connectivity index (χ3v) is 2.10. The number of fused-ring (bicyclic) bond motifs is 1. The zero-order valence-corrected chi connectivity index (χ0v) is 8.93. The lowest BCUT2D eigenvalue weighted by atomic mass is 10.2. The first-order valence-electron chi connectivity index (χ1n) is 4.86. The Labute approximate surface area is 91.4 Å². The highest BCUT2D eigenvalue weighted by molar-refractivity contribution is 5.88. The molecule has 0 radical (unpaired) electrons. The van der Waals surface area contributed by atoms with Crippen molar-refractivity contribution < 1.29 is 9.66 Å². The molecule has 0 aliphatic carbocycles. The van der Waals surface area contributed by atoms with E-state index in [1.165, 1.54) is 12.3 Å². The van der Waals surface area contributed by atoms with Gasteiger partial charge in [0.2, 0.25) is 5.75 Å². The Morgan fingerprint density at radius 2 is 2.25 bits per heavy atom. The van der Waals surface area contributed by atoms with Gasteiger partial charge in [0.25, 0.3) is 0 Å². The first-order valence-corrected chi connectivity index (χ1v) is 4.86. The largest absolute Gasteiger partial charge is 0.484 e. The number of H-pyrrole nitrogens is 1. The summed E-state index contributed by atoms with van der Waals surface area (Å²) in [7, 11) is 0. The van der Waals surface area contributed by atoms with Gasteiger partial charge in [-0.05, 0) is 19.9 Å². The van der Waals surface area contributed by atoms with Crippen LogP contribution in [0.25, 0.3) is 10.9 Å². The van der Waals surface area contributed by atoms with Crippen molar-refractivity contribution in [1.82, 2.24) is 10.2 Å². The molecule has 0 spiro atoms. The van der Waals surface area contributed by atoms with Crippen LogP contribution >= 0.6 is 0 Å². The molecule has 1 aromatic heterocycles. The molecule has 0 saturated heterocycles. The van der Waals surface area contributed by atoms with Gasteiger partial charge in [-0.25, -0.2) is 0 Å². The number of nitro groups is 1. The predicted octanol–water partition coefficient (Wildman–Crippen LogP) is 2.26. The Kier molecular flexibility index (Phi) is 2.47. The maximum Gasteiger partial charge on any atom is 0.311 e. The lowest BCUT2D eigenvalue weighted by molar-refractivity contribution is -0.385. The van der Waals surface area contributed by atoms with E-state index in [0.29, 0.717) is 5.39 Å². The smallest absolute Gasteiger partial charge is 0.311 e. The van der Waals surface area contributed by atoms with Gasteiger partial charge in [0, 0.05) is 6.07 Å². The van der Waals surface area contributed by atoms with E-state index in [1.807, 2.05) is 13.8 Å². The molecule has 0 unspecified atom stereocenters. The summed E-state index contributed by atoms with van der Waals surface area (Å²) in [4.78, 5) is 10.4. The minimum Gasteiger partial charge on any atom is -0.484 e. The fraction of sp³-hybridized carbons (Fsp3) is 0.300. The molecule has 2 rings (SSSR count). The molecule has 0 atom stereocenters. The predicted molar refractivity (Wildman–Crippen MR) is 58.5 cm³/mol. The average Bonchev–Trinajstić information content (AvgIpc) is 2.64. The number of ether oxygens (including phenoxy) is 1. The molecule has 1 aromatic carbocycles. The first-order chi connectivity index (χ1) is 7.59. The second kappa shape index (κ2) is 3.80. The molecule has 0 saturated carbocycles. The lowest BCUT2D eigenvalue weighted by Crippen LogP contribution is -2.07. The van der Waals surface area contributed by atoms with E-state index in [4.69, 9.17) is 4.74 Å². The number of hydrogen-bond acceptors (Lipinski definition) is 4. The van der Waals surface area contributed by atoms with Gasteiger partial charge in [0.15, 0.2) is 0 Å². The minimum atomic E-state index is -0.454. The van der Waals surface area contributed by atoms with Crippen molar-refractivity contribution in [3.8, 4) is 5.75 Å². The van der Waals surface area contributed by atoms with E-state index >= 15 is 0 Å². The van der Waals surface area contributed by atoms with Crippen LogP contribution in [0.1, 0.15) is 13.8 Å². The van der Waals surface area contributed by atoms with Gasteiger partial charge in [-0.1, -0.05) is 0 Å². The lowest BCUT2D eigenvalue weighted by Gasteiger charge is -2.10. The molecule has 0 aliphatic heterocycles. The molecule has 2 aromatic rings. The molecule has 6 nitrogen and oxygen atoms in total. The van der Waals surface area contributed by atoms with E-state index in [0.717, 1.165) is 5.52 Å². The van der Waals surface area contributed by atoms with Crippen molar-refractivity contribution in [2.75, 3.05) is 0 Å². The molecule has 0 aliphatic rings. The third kappa shape index (κ3) is 1.69. The van der Waals surface area contributed by atoms with Gasteiger partial charge < -0.3 is 4.74 Å². The number of aromatic amines is 1. The zero-order valence-electron chi connectivity index (χ0n) is 8.93. The monoisotopic (exact) mass is 221 g/mol. The number of benzene rings is 1. The van der Waals surface area contributed by atoms with E-state index in [9.17, 15) is 10.1 Å². The van der Waals surface area contributed by atoms with Gasteiger partial charge in [-0.2, -0.15) is 5.10 Å². The quantitative estimate of drug-likeness (QED) is 0.636. The van der Waals surface area contributed by atoms with Crippen LogP contribution in [-0.4, -0.2) is 21.2 Å². The Hall–Kier alpha value is -2.11. The molecule has 1 N–H and O–H groups in total. The second-order valence-corrected chi connectivity index (χ2v) is 3.67. The molecule has 0 bridgehead atoms. The highest BCUT2D eigenvalue weighted by Crippen LogP contribution is 2.34. The van der Waals surface area contributed by atoms with E-state index in [1.54, 1.807) is 6.07 Å². The second-order valence-electron chi connectivity index (χ2n) is 3.67. The summed E-state index contributed by atoms with van der Waals surface area (Å²) in [5.74, 6) is 0.270. The highest BCUT2D eigenvalue weighted by Gasteiger charge is 2.20. The first kappa shape index (κ1) is 10.4. The van der Waals surface area contributed by atoms with Crippen molar-refractivity contribution in [3.05, 3.63) is 28.4 Å². The van der Waals surface area contributed by atoms with Crippen molar-refractivity contribution in [3.63, 3.8) is 0 Å². The number of aromatic nitrogens is 2. The minimum absolute atomic E-state index is 0.0393. The van der Waals surface area contributed by atoms with E-state index < -0.39 is 4.92 Å². The molecule has 6 heteroatoms. The van der Waals surface area contributed by atoms with Crippen molar-refractivity contribution >= 4 is 16.6 Å². The summed E-state index contributed by atoms with van der Waals surface area (Å²) < 4.78 is 5.48. The summed E-state index contributed by atoms with van der Waals surface area (Å²) in [5.41, 5.74) is 0.684. The maximum atomic E-state index is 10.9. The number of nitro benzene ring substituents is 1. The summed E-state index contributed by atoms with van der Waals surface area (Å²) in [6, 6.07) is 3.03. The van der Waals surface area contributed by atoms with Crippen LogP contribution in [0.4, 0.5) is 5.69 Å². The molecule has 0 amide bonds.